The minimum Gasteiger partial charge on any atom is -0.325 e. The fourth-order valence-corrected chi connectivity index (χ4v) is 4.74. The molecular formula is C24H28N4OS2. The van der Waals surface area contributed by atoms with Crippen molar-refractivity contribution in [2.45, 2.75) is 54.8 Å². The van der Waals surface area contributed by atoms with Gasteiger partial charge in [-0.1, -0.05) is 60.2 Å². The number of carbonyl (C=O) groups is 1. The van der Waals surface area contributed by atoms with Crippen molar-refractivity contribution in [2.75, 3.05) is 5.32 Å². The summed E-state index contributed by atoms with van der Waals surface area (Å²) in [5.74, 6) is 1.55. The van der Waals surface area contributed by atoms with Gasteiger partial charge >= 0.3 is 0 Å². The van der Waals surface area contributed by atoms with Gasteiger partial charge in [-0.15, -0.1) is 28.5 Å². The van der Waals surface area contributed by atoms with Crippen LogP contribution in [-0.4, -0.2) is 25.9 Å². The minimum atomic E-state index is -0.258. The number of amides is 1. The number of carbonyl (C=O) groups excluding carboxylic acids is 1. The highest BCUT2D eigenvalue weighted by Gasteiger charge is 2.22. The third kappa shape index (κ3) is 6.48. The summed E-state index contributed by atoms with van der Waals surface area (Å²) in [5.41, 5.74) is 3.21. The van der Waals surface area contributed by atoms with Crippen molar-refractivity contribution in [2.24, 2.45) is 0 Å². The highest BCUT2D eigenvalue weighted by molar-refractivity contribution is 8.00. The summed E-state index contributed by atoms with van der Waals surface area (Å²) in [5, 5.41) is 12.3. The first kappa shape index (κ1) is 23.2. The van der Waals surface area contributed by atoms with Gasteiger partial charge in [0.1, 0.15) is 5.82 Å². The fourth-order valence-electron chi connectivity index (χ4n) is 2.92. The van der Waals surface area contributed by atoms with Gasteiger partial charge in [0.25, 0.3) is 0 Å². The molecule has 5 nitrogen and oxygen atoms in total. The van der Waals surface area contributed by atoms with Crippen molar-refractivity contribution in [3.63, 3.8) is 0 Å². The summed E-state index contributed by atoms with van der Waals surface area (Å²) in [6.45, 7) is 10.6. The Morgan fingerprint density at radius 1 is 1.10 bits per heavy atom. The molecule has 0 aliphatic rings. The van der Waals surface area contributed by atoms with Crippen LogP contribution >= 0.6 is 23.5 Å². The van der Waals surface area contributed by atoms with E-state index in [-0.39, 0.29) is 11.2 Å². The maximum atomic E-state index is 12.8. The van der Waals surface area contributed by atoms with Crippen molar-refractivity contribution in [1.29, 1.82) is 0 Å². The Morgan fingerprint density at radius 3 is 2.35 bits per heavy atom. The summed E-state index contributed by atoms with van der Waals surface area (Å²) in [6, 6.07) is 16.3. The van der Waals surface area contributed by atoms with E-state index in [1.165, 1.54) is 22.2 Å². The lowest BCUT2D eigenvalue weighted by atomic mass is 10.2. The van der Waals surface area contributed by atoms with Crippen molar-refractivity contribution < 1.29 is 4.79 Å². The predicted molar refractivity (Wildman–Crippen MR) is 131 cm³/mol. The molecule has 1 amide bonds. The van der Waals surface area contributed by atoms with Crippen molar-refractivity contribution >= 4 is 35.1 Å². The average molecular weight is 453 g/mol. The molecule has 0 saturated heterocycles. The molecule has 0 aliphatic heterocycles. The molecule has 162 valence electrons. The SMILES string of the molecule is C=CCn1c(CSc2ccc(C)cc2)nnc1SC(CC)C(=O)Nc1ccc(C)cc1. The number of nitrogens with zero attached hydrogens (tertiary/aromatic N) is 3. The molecule has 0 saturated carbocycles. The number of aryl methyl sites for hydroxylation is 2. The van der Waals surface area contributed by atoms with Gasteiger partial charge in [-0.05, 0) is 44.5 Å². The average Bonchev–Trinajstić information content (AvgIpc) is 3.14. The number of anilines is 1. The topological polar surface area (TPSA) is 59.8 Å². The molecule has 0 spiro atoms. The monoisotopic (exact) mass is 452 g/mol. The van der Waals surface area contributed by atoms with E-state index in [0.717, 1.165) is 22.2 Å². The maximum absolute atomic E-state index is 12.8. The van der Waals surface area contributed by atoms with Gasteiger partial charge in [0.15, 0.2) is 5.16 Å². The van der Waals surface area contributed by atoms with Gasteiger partial charge in [0, 0.05) is 17.1 Å². The molecule has 3 rings (SSSR count). The Balaban J connectivity index is 1.69. The molecule has 1 atom stereocenters. The molecule has 0 bridgehead atoms. The number of allylic oxidation sites excluding steroid dienone is 1. The van der Waals surface area contributed by atoms with Crippen LogP contribution < -0.4 is 5.32 Å². The normalized spacial score (nSPS) is 11.8. The zero-order chi connectivity index (χ0) is 22.2. The van der Waals surface area contributed by atoms with Crippen LogP contribution in [-0.2, 0) is 17.1 Å². The van der Waals surface area contributed by atoms with Crippen LogP contribution in [0.15, 0.2) is 71.2 Å². The summed E-state index contributed by atoms with van der Waals surface area (Å²) < 4.78 is 2.04. The zero-order valence-corrected chi connectivity index (χ0v) is 19.8. The van der Waals surface area contributed by atoms with Gasteiger partial charge in [-0.2, -0.15) is 0 Å². The first-order valence-corrected chi connectivity index (χ1v) is 12.1. The minimum absolute atomic E-state index is 0.0277. The predicted octanol–water partition coefficient (Wildman–Crippen LogP) is 5.88. The van der Waals surface area contributed by atoms with Crippen LogP contribution in [0.5, 0.6) is 0 Å². The summed E-state index contributed by atoms with van der Waals surface area (Å²) in [4.78, 5) is 14.0. The molecule has 1 N–H and O–H groups in total. The standard InChI is InChI=1S/C24H28N4OS2/c1-5-15-28-22(16-30-20-13-9-18(4)10-14-20)26-27-24(28)31-21(6-2)23(29)25-19-11-7-17(3)8-12-19/h5,7-14,21H,1,6,15-16H2,2-4H3,(H,25,29). The molecule has 2 aromatic carbocycles. The third-order valence-corrected chi connectivity index (χ3v) is 7.08. The first-order valence-electron chi connectivity index (χ1n) is 10.3. The third-order valence-electron chi connectivity index (χ3n) is 4.72. The van der Waals surface area contributed by atoms with E-state index in [4.69, 9.17) is 0 Å². The van der Waals surface area contributed by atoms with Crippen LogP contribution in [0.1, 0.15) is 30.3 Å². The Labute approximate surface area is 192 Å². The van der Waals surface area contributed by atoms with E-state index >= 15 is 0 Å². The lowest BCUT2D eigenvalue weighted by molar-refractivity contribution is -0.115. The van der Waals surface area contributed by atoms with E-state index in [1.54, 1.807) is 11.8 Å². The number of hydrogen-bond donors (Lipinski definition) is 1. The number of rotatable bonds is 10. The van der Waals surface area contributed by atoms with Gasteiger partial charge in [0.05, 0.1) is 11.0 Å². The van der Waals surface area contributed by atoms with E-state index in [2.05, 4.69) is 53.3 Å². The molecular weight excluding hydrogens is 424 g/mol. The molecule has 31 heavy (non-hydrogen) atoms. The first-order chi connectivity index (χ1) is 15.0. The largest absolute Gasteiger partial charge is 0.325 e. The number of benzene rings is 2. The second-order valence-electron chi connectivity index (χ2n) is 7.27. The van der Waals surface area contributed by atoms with Crippen molar-refractivity contribution in [3.05, 3.63) is 78.1 Å². The Bertz CT molecular complexity index is 1010. The maximum Gasteiger partial charge on any atom is 0.237 e. The molecule has 0 aliphatic carbocycles. The number of aromatic nitrogens is 3. The second-order valence-corrected chi connectivity index (χ2v) is 9.49. The van der Waals surface area contributed by atoms with Crippen molar-refractivity contribution in [1.82, 2.24) is 14.8 Å². The molecule has 0 fully saturated rings. The quantitative estimate of drug-likeness (QED) is 0.307. The van der Waals surface area contributed by atoms with E-state index in [9.17, 15) is 4.79 Å². The Morgan fingerprint density at radius 2 is 1.74 bits per heavy atom. The molecule has 1 unspecified atom stereocenters. The van der Waals surface area contributed by atoms with Gasteiger partial charge in [-0.25, -0.2) is 0 Å². The summed E-state index contributed by atoms with van der Waals surface area (Å²) in [7, 11) is 0. The Kier molecular flexibility index (Phi) is 8.37. The lowest BCUT2D eigenvalue weighted by Gasteiger charge is -2.15. The summed E-state index contributed by atoms with van der Waals surface area (Å²) in [6.07, 6.45) is 2.53. The van der Waals surface area contributed by atoms with E-state index < -0.39 is 0 Å². The Hall–Kier alpha value is -2.51. The molecule has 1 heterocycles. The number of nitrogens with one attached hydrogen (secondary N) is 1. The fraction of sp³-hybridized carbons (Fsp3) is 0.292. The molecule has 1 aromatic heterocycles. The molecule has 7 heteroatoms. The van der Waals surface area contributed by atoms with Crippen molar-refractivity contribution in [3.8, 4) is 0 Å². The van der Waals surface area contributed by atoms with Crippen LogP contribution in [0.4, 0.5) is 5.69 Å². The van der Waals surface area contributed by atoms with Crippen LogP contribution in [0.25, 0.3) is 0 Å². The van der Waals surface area contributed by atoms with Gasteiger partial charge in [0.2, 0.25) is 5.91 Å². The molecule has 3 aromatic rings. The summed E-state index contributed by atoms with van der Waals surface area (Å²) >= 11 is 3.17. The smallest absolute Gasteiger partial charge is 0.237 e. The van der Waals surface area contributed by atoms with Crippen LogP contribution in [0, 0.1) is 13.8 Å². The second kappa shape index (κ2) is 11.2. The lowest BCUT2D eigenvalue weighted by Crippen LogP contribution is -2.25. The highest BCUT2D eigenvalue weighted by atomic mass is 32.2. The zero-order valence-electron chi connectivity index (χ0n) is 18.2. The van der Waals surface area contributed by atoms with Gasteiger partial charge in [-0.3, -0.25) is 4.79 Å². The van der Waals surface area contributed by atoms with E-state index in [0.29, 0.717) is 18.7 Å². The van der Waals surface area contributed by atoms with Gasteiger partial charge < -0.3 is 9.88 Å². The number of hydrogen-bond acceptors (Lipinski definition) is 5. The number of thioether (sulfide) groups is 2. The molecule has 0 radical (unpaired) electrons. The van der Waals surface area contributed by atoms with Crippen LogP contribution in [0.2, 0.25) is 0 Å². The highest BCUT2D eigenvalue weighted by Crippen LogP contribution is 2.28. The van der Waals surface area contributed by atoms with E-state index in [1.807, 2.05) is 48.8 Å². The van der Waals surface area contributed by atoms with Crippen LogP contribution in [0.3, 0.4) is 0 Å².